The van der Waals surface area contributed by atoms with Crippen LogP contribution in [0, 0.1) is 11.8 Å². The van der Waals surface area contributed by atoms with E-state index in [1.165, 1.54) is 32.1 Å². The van der Waals surface area contributed by atoms with Crippen molar-refractivity contribution in [2.24, 2.45) is 11.8 Å². The SMILES string of the molecule is CC(C)CC[C@H]1CCCC[C@@H]1O. The van der Waals surface area contributed by atoms with Crippen molar-refractivity contribution >= 4 is 0 Å². The summed E-state index contributed by atoms with van der Waals surface area (Å²) in [5.41, 5.74) is 0. The fourth-order valence-corrected chi connectivity index (χ4v) is 2.07. The zero-order chi connectivity index (χ0) is 8.97. The largest absolute Gasteiger partial charge is 0.393 e. The third-order valence-electron chi connectivity index (χ3n) is 2.98. The molecule has 1 rings (SSSR count). The van der Waals surface area contributed by atoms with E-state index in [-0.39, 0.29) is 6.10 Å². The van der Waals surface area contributed by atoms with E-state index in [0.29, 0.717) is 5.92 Å². The summed E-state index contributed by atoms with van der Waals surface area (Å²) < 4.78 is 0. The Labute approximate surface area is 76.2 Å². The van der Waals surface area contributed by atoms with Gasteiger partial charge in [-0.15, -0.1) is 0 Å². The van der Waals surface area contributed by atoms with Crippen LogP contribution in [0.15, 0.2) is 0 Å². The highest BCUT2D eigenvalue weighted by Crippen LogP contribution is 2.28. The molecule has 1 N–H and O–H groups in total. The van der Waals surface area contributed by atoms with E-state index in [0.717, 1.165) is 12.3 Å². The van der Waals surface area contributed by atoms with Gasteiger partial charge in [-0.3, -0.25) is 0 Å². The van der Waals surface area contributed by atoms with Gasteiger partial charge in [0.25, 0.3) is 0 Å². The number of hydrogen-bond donors (Lipinski definition) is 1. The maximum atomic E-state index is 9.68. The molecular formula is C11H22O. The number of hydrogen-bond acceptors (Lipinski definition) is 1. The first-order valence-electron chi connectivity index (χ1n) is 5.38. The minimum atomic E-state index is 0.0116. The van der Waals surface area contributed by atoms with Gasteiger partial charge in [0.05, 0.1) is 6.10 Å². The van der Waals surface area contributed by atoms with Crippen LogP contribution >= 0.6 is 0 Å². The van der Waals surface area contributed by atoms with Gasteiger partial charge in [-0.1, -0.05) is 33.1 Å². The summed E-state index contributed by atoms with van der Waals surface area (Å²) in [7, 11) is 0. The van der Waals surface area contributed by atoms with Crippen LogP contribution in [0.5, 0.6) is 0 Å². The molecule has 0 amide bonds. The average Bonchev–Trinajstić information content (AvgIpc) is 2.03. The molecule has 0 heterocycles. The zero-order valence-corrected chi connectivity index (χ0v) is 8.42. The molecule has 12 heavy (non-hydrogen) atoms. The third-order valence-corrected chi connectivity index (χ3v) is 2.98. The monoisotopic (exact) mass is 170 g/mol. The fourth-order valence-electron chi connectivity index (χ4n) is 2.07. The van der Waals surface area contributed by atoms with Crippen molar-refractivity contribution in [3.05, 3.63) is 0 Å². The molecule has 1 saturated carbocycles. The molecule has 0 aliphatic heterocycles. The van der Waals surface area contributed by atoms with E-state index in [1.807, 2.05) is 0 Å². The Morgan fingerprint density at radius 2 is 1.92 bits per heavy atom. The molecule has 1 heteroatoms. The van der Waals surface area contributed by atoms with Gasteiger partial charge in [0.15, 0.2) is 0 Å². The quantitative estimate of drug-likeness (QED) is 0.690. The van der Waals surface area contributed by atoms with Gasteiger partial charge in [0, 0.05) is 0 Å². The molecule has 2 atom stereocenters. The Morgan fingerprint density at radius 1 is 1.25 bits per heavy atom. The lowest BCUT2D eigenvalue weighted by molar-refractivity contribution is 0.0625. The van der Waals surface area contributed by atoms with Crippen molar-refractivity contribution < 1.29 is 5.11 Å². The predicted molar refractivity (Wildman–Crippen MR) is 52.0 cm³/mol. The minimum absolute atomic E-state index is 0.0116. The molecule has 0 unspecified atom stereocenters. The minimum Gasteiger partial charge on any atom is -0.393 e. The summed E-state index contributed by atoms with van der Waals surface area (Å²) in [4.78, 5) is 0. The lowest BCUT2D eigenvalue weighted by Gasteiger charge is -2.27. The van der Waals surface area contributed by atoms with Gasteiger partial charge in [-0.25, -0.2) is 0 Å². The Kier molecular flexibility index (Phi) is 4.07. The molecule has 0 spiro atoms. The van der Waals surface area contributed by atoms with Crippen LogP contribution in [0.25, 0.3) is 0 Å². The summed E-state index contributed by atoms with van der Waals surface area (Å²) in [5, 5.41) is 9.68. The van der Waals surface area contributed by atoms with E-state index in [2.05, 4.69) is 13.8 Å². The number of rotatable bonds is 3. The molecule has 1 aliphatic rings. The van der Waals surface area contributed by atoms with E-state index in [9.17, 15) is 5.11 Å². The Morgan fingerprint density at radius 3 is 2.50 bits per heavy atom. The molecule has 0 aromatic carbocycles. The molecule has 0 aromatic rings. The van der Waals surface area contributed by atoms with Crippen LogP contribution in [0.2, 0.25) is 0 Å². The van der Waals surface area contributed by atoms with Crippen LogP contribution in [0.1, 0.15) is 52.4 Å². The van der Waals surface area contributed by atoms with Crippen LogP contribution in [0.4, 0.5) is 0 Å². The van der Waals surface area contributed by atoms with E-state index < -0.39 is 0 Å². The molecule has 0 saturated heterocycles. The van der Waals surface area contributed by atoms with Crippen molar-refractivity contribution in [1.29, 1.82) is 0 Å². The molecule has 0 aromatic heterocycles. The Balaban J connectivity index is 2.20. The molecule has 1 fully saturated rings. The van der Waals surface area contributed by atoms with Crippen LogP contribution < -0.4 is 0 Å². The summed E-state index contributed by atoms with van der Waals surface area (Å²) in [5.74, 6) is 1.40. The molecule has 0 bridgehead atoms. The lowest BCUT2D eigenvalue weighted by Crippen LogP contribution is -2.24. The first-order valence-corrected chi connectivity index (χ1v) is 5.38. The van der Waals surface area contributed by atoms with Crippen molar-refractivity contribution in [1.82, 2.24) is 0 Å². The first-order chi connectivity index (χ1) is 5.70. The molecule has 1 nitrogen and oxygen atoms in total. The molecule has 72 valence electrons. The normalized spacial score (nSPS) is 31.0. The van der Waals surface area contributed by atoms with E-state index in [4.69, 9.17) is 0 Å². The van der Waals surface area contributed by atoms with Gasteiger partial charge < -0.3 is 5.11 Å². The fraction of sp³-hybridized carbons (Fsp3) is 1.00. The number of aliphatic hydroxyl groups excluding tert-OH is 1. The smallest absolute Gasteiger partial charge is 0.0568 e. The van der Waals surface area contributed by atoms with Gasteiger partial charge in [0.1, 0.15) is 0 Å². The van der Waals surface area contributed by atoms with Gasteiger partial charge >= 0.3 is 0 Å². The Hall–Kier alpha value is -0.0400. The highest BCUT2D eigenvalue weighted by molar-refractivity contribution is 4.74. The zero-order valence-electron chi connectivity index (χ0n) is 8.42. The second-order valence-electron chi connectivity index (χ2n) is 4.58. The summed E-state index contributed by atoms with van der Waals surface area (Å²) in [6.45, 7) is 4.52. The number of aliphatic hydroxyl groups is 1. The molecule has 1 aliphatic carbocycles. The first kappa shape index (κ1) is 10.0. The molecular weight excluding hydrogens is 148 g/mol. The lowest BCUT2D eigenvalue weighted by atomic mass is 9.82. The second-order valence-corrected chi connectivity index (χ2v) is 4.58. The van der Waals surface area contributed by atoms with Crippen LogP contribution in [0.3, 0.4) is 0 Å². The van der Waals surface area contributed by atoms with Crippen molar-refractivity contribution in [3.63, 3.8) is 0 Å². The average molecular weight is 170 g/mol. The van der Waals surface area contributed by atoms with Crippen LogP contribution in [-0.2, 0) is 0 Å². The van der Waals surface area contributed by atoms with Crippen LogP contribution in [-0.4, -0.2) is 11.2 Å². The predicted octanol–water partition coefficient (Wildman–Crippen LogP) is 2.97. The molecule has 0 radical (unpaired) electrons. The standard InChI is InChI=1S/C11H22O/c1-9(2)7-8-10-5-3-4-6-11(10)12/h9-12H,3-8H2,1-2H3/t10-,11+/m1/s1. The summed E-state index contributed by atoms with van der Waals surface area (Å²) >= 11 is 0. The maximum Gasteiger partial charge on any atom is 0.0568 e. The van der Waals surface area contributed by atoms with E-state index in [1.54, 1.807) is 0 Å². The topological polar surface area (TPSA) is 20.2 Å². The second kappa shape index (κ2) is 4.86. The van der Waals surface area contributed by atoms with E-state index >= 15 is 0 Å². The Bertz CT molecular complexity index is 120. The van der Waals surface area contributed by atoms with Crippen molar-refractivity contribution in [2.45, 2.75) is 58.5 Å². The van der Waals surface area contributed by atoms with Gasteiger partial charge in [0.2, 0.25) is 0 Å². The maximum absolute atomic E-state index is 9.68. The summed E-state index contributed by atoms with van der Waals surface area (Å²) in [6.07, 6.45) is 7.40. The van der Waals surface area contributed by atoms with Crippen molar-refractivity contribution in [3.8, 4) is 0 Å². The van der Waals surface area contributed by atoms with Gasteiger partial charge in [-0.2, -0.15) is 0 Å². The van der Waals surface area contributed by atoms with Crippen molar-refractivity contribution in [2.75, 3.05) is 0 Å². The highest BCUT2D eigenvalue weighted by Gasteiger charge is 2.22. The third kappa shape index (κ3) is 3.14. The summed E-state index contributed by atoms with van der Waals surface area (Å²) in [6, 6.07) is 0. The highest BCUT2D eigenvalue weighted by atomic mass is 16.3. The van der Waals surface area contributed by atoms with Gasteiger partial charge in [-0.05, 0) is 31.1 Å².